The van der Waals surface area contributed by atoms with Crippen LogP contribution in [0.25, 0.3) is 6.08 Å². The summed E-state index contributed by atoms with van der Waals surface area (Å²) in [6.07, 6.45) is 1.90. The van der Waals surface area contributed by atoms with Gasteiger partial charge in [0, 0.05) is 25.7 Å². The fourth-order valence-electron chi connectivity index (χ4n) is 2.98. The minimum absolute atomic E-state index is 0.195. The van der Waals surface area contributed by atoms with E-state index in [9.17, 15) is 4.79 Å². The summed E-state index contributed by atoms with van der Waals surface area (Å²) in [6.45, 7) is 4.46. The van der Waals surface area contributed by atoms with E-state index in [1.54, 1.807) is 0 Å². The molecule has 0 unspecified atom stereocenters. The summed E-state index contributed by atoms with van der Waals surface area (Å²) in [7, 11) is 0. The number of benzene rings is 2. The van der Waals surface area contributed by atoms with Crippen molar-refractivity contribution in [3.8, 4) is 0 Å². The number of carboxylic acids is 1. The van der Waals surface area contributed by atoms with Crippen LogP contribution in [0, 0.1) is 0 Å². The Balaban J connectivity index is 0.000000628. The molecular formula is C22H22N3NaO4S. The first-order chi connectivity index (χ1) is 14.9. The Morgan fingerprint density at radius 1 is 1.16 bits per heavy atom. The normalized spacial score (nSPS) is 17.1. The average molecular weight is 447 g/mol. The Kier molecular flexibility index (Phi) is 8.74. The summed E-state index contributed by atoms with van der Waals surface area (Å²) >= 11 is 2.41. The number of thioether (sulfide) groups is 1. The van der Waals surface area contributed by atoms with Crippen LogP contribution in [0.4, 0.5) is 11.4 Å². The van der Waals surface area contributed by atoms with Gasteiger partial charge in [0.15, 0.2) is 0 Å². The standard InChI is InChI=1S/C20H18N3O2S.C2H4O2.Na/c24-19-18(26-20(22-19)21-16-4-2-1-3-5-16)14-15-6-8-17(9-7-15)23-10-12-25-13-11-23;1-2(3)4;/h2-9,14H,10-13H2,(H,21,22,24);1H3,(H,3,4);. The van der Waals surface area contributed by atoms with Crippen LogP contribution in [0.3, 0.4) is 0 Å². The summed E-state index contributed by atoms with van der Waals surface area (Å²) in [5.74, 6) is -1.03. The molecule has 0 saturated carbocycles. The molecule has 2 aromatic rings. The molecule has 156 valence electrons. The predicted octanol–water partition coefficient (Wildman–Crippen LogP) is 2.49. The van der Waals surface area contributed by atoms with Gasteiger partial charge in [0.1, 0.15) is 0 Å². The van der Waals surface area contributed by atoms with Crippen LogP contribution >= 0.6 is 11.8 Å². The summed E-state index contributed by atoms with van der Waals surface area (Å²) < 4.78 is 6.73. The molecule has 0 spiro atoms. The molecule has 2 aliphatic heterocycles. The topological polar surface area (TPSA) is 91.2 Å². The molecule has 1 amide bonds. The summed E-state index contributed by atoms with van der Waals surface area (Å²) in [6, 6.07) is 16.5. The molecule has 2 N–H and O–H groups in total. The van der Waals surface area contributed by atoms with Gasteiger partial charge >= 0.3 is 139 Å². The third-order valence-corrected chi connectivity index (χ3v) is 6.06. The van der Waals surface area contributed by atoms with Gasteiger partial charge in [0.05, 0.1) is 13.2 Å². The van der Waals surface area contributed by atoms with Crippen molar-refractivity contribution in [2.45, 2.75) is 6.92 Å². The molecule has 2 heterocycles. The molecule has 0 radical (unpaired) electrons. The molecule has 7 nitrogen and oxygen atoms in total. The van der Waals surface area contributed by atoms with Crippen LogP contribution in [-0.4, -0.2) is 76.4 Å². The van der Waals surface area contributed by atoms with E-state index in [4.69, 9.17) is 14.6 Å². The molecule has 0 bridgehead atoms. The van der Waals surface area contributed by atoms with Crippen LogP contribution in [0.5, 0.6) is 0 Å². The van der Waals surface area contributed by atoms with Gasteiger partial charge in [-0.25, -0.2) is 0 Å². The summed E-state index contributed by atoms with van der Waals surface area (Å²) in [4.78, 5) is 28.3. The van der Waals surface area contributed by atoms with Crippen molar-refractivity contribution in [3.05, 3.63) is 59.0 Å². The molecule has 1 saturated heterocycles. The van der Waals surface area contributed by atoms with Crippen LogP contribution in [0.2, 0.25) is 0 Å². The number of carbonyl (C=O) groups excluding carboxylic acids is 1. The van der Waals surface area contributed by atoms with Crippen LogP contribution < -0.4 is 13.0 Å². The number of aliphatic imine (C=N–C) groups is 1. The van der Waals surface area contributed by atoms with E-state index in [0.717, 1.165) is 72.4 Å². The van der Waals surface area contributed by atoms with Gasteiger partial charge in [-0.15, -0.1) is 0 Å². The third-order valence-electron chi connectivity index (χ3n) is 4.49. The Morgan fingerprint density at radius 3 is 2.39 bits per heavy atom. The van der Waals surface area contributed by atoms with Crippen molar-refractivity contribution >= 4 is 77.0 Å². The molecule has 2 aromatic carbocycles. The fraction of sp³-hybridized carbons (Fsp3) is 0.227. The maximum absolute atomic E-state index is 12.2. The number of aliphatic carboxylic acids is 1. The van der Waals surface area contributed by atoms with Crippen LogP contribution in [0.15, 0.2) is 58.4 Å². The van der Waals surface area contributed by atoms with Gasteiger partial charge in [-0.3, -0.25) is 4.79 Å². The van der Waals surface area contributed by atoms with Gasteiger partial charge in [0.2, 0.25) is 0 Å². The molecule has 2 aliphatic rings. The van der Waals surface area contributed by atoms with Crippen LogP contribution in [0.1, 0.15) is 12.5 Å². The Bertz CT molecular complexity index is 981. The van der Waals surface area contributed by atoms with E-state index < -0.39 is 5.97 Å². The zero-order valence-electron chi connectivity index (χ0n) is 17.5. The summed E-state index contributed by atoms with van der Waals surface area (Å²) in [5, 5.41) is 11.3. The number of hydrogen-bond donors (Lipinski definition) is 2. The predicted molar refractivity (Wildman–Crippen MR) is 126 cm³/mol. The third kappa shape index (κ3) is 7.52. The maximum atomic E-state index is 12.2. The molecule has 0 aromatic heterocycles. The first-order valence-electron chi connectivity index (χ1n) is 9.89. The van der Waals surface area contributed by atoms with Crippen molar-refractivity contribution < 1.29 is 19.4 Å². The number of nitrogens with one attached hydrogen (secondary N) is 1. The quantitative estimate of drug-likeness (QED) is 0.552. The molecule has 9 heteroatoms. The second-order valence-electron chi connectivity index (χ2n) is 7.03. The van der Waals surface area contributed by atoms with Crippen molar-refractivity contribution in [1.29, 1.82) is 0 Å². The van der Waals surface area contributed by atoms with E-state index in [-0.39, 0.29) is 5.91 Å². The molecule has 0 atom stereocenters. The fourth-order valence-corrected chi connectivity index (χ4v) is 4.14. The number of nitrogens with zero attached hydrogens (tertiary/aromatic N) is 2. The number of anilines is 2. The summed E-state index contributed by atoms with van der Waals surface area (Å²) in [5.41, 5.74) is 3.14. The molecule has 31 heavy (non-hydrogen) atoms. The number of carboxylic acid groups (broad SMARTS) is 1. The number of carbonyl (C=O) groups is 2. The Morgan fingerprint density at radius 2 is 1.77 bits per heavy atom. The molecule has 0 aliphatic carbocycles. The minimum atomic E-state index is -0.833. The van der Waals surface area contributed by atoms with E-state index >= 15 is 0 Å². The number of ether oxygens (including phenoxy) is 1. The van der Waals surface area contributed by atoms with Gasteiger partial charge < -0.3 is 14.7 Å². The first-order valence-corrected chi connectivity index (χ1v) is 11.7. The second-order valence-corrected chi connectivity index (χ2v) is 9.22. The Labute approximate surface area is 203 Å². The van der Waals surface area contributed by atoms with E-state index in [1.165, 1.54) is 20.3 Å². The second kappa shape index (κ2) is 11.5. The first kappa shape index (κ1) is 23.6. The molecule has 1 fully saturated rings. The van der Waals surface area contributed by atoms with Crippen molar-refractivity contribution in [3.63, 3.8) is 0 Å². The number of amides is 1. The monoisotopic (exact) mass is 447 g/mol. The van der Waals surface area contributed by atoms with Crippen molar-refractivity contribution in [2.75, 3.05) is 36.5 Å². The van der Waals surface area contributed by atoms with Crippen molar-refractivity contribution in [1.82, 2.24) is 0 Å². The van der Waals surface area contributed by atoms with E-state index in [2.05, 4.69) is 39.5 Å². The van der Waals surface area contributed by atoms with Gasteiger partial charge in [-0.1, -0.05) is 0 Å². The van der Waals surface area contributed by atoms with Gasteiger partial charge in [-0.2, -0.15) is 0 Å². The number of hydrogen-bond acceptors (Lipinski definition) is 6. The van der Waals surface area contributed by atoms with Gasteiger partial charge in [0.25, 0.3) is 5.97 Å². The van der Waals surface area contributed by atoms with E-state index in [0.29, 0.717) is 10.1 Å². The zero-order valence-corrected chi connectivity index (χ0v) is 20.3. The average Bonchev–Trinajstić information content (AvgIpc) is 3.09. The number of morpholine rings is 1. The van der Waals surface area contributed by atoms with Gasteiger partial charge in [-0.05, 0) is 0 Å². The number of amidine groups is 1. The van der Waals surface area contributed by atoms with Crippen LogP contribution in [-0.2, 0) is 14.3 Å². The zero-order chi connectivity index (χ0) is 22.2. The number of rotatable bonds is 3. The molecule has 4 rings (SSSR count). The van der Waals surface area contributed by atoms with Crippen molar-refractivity contribution in [2.24, 2.45) is 4.99 Å². The molecular weight excluding hydrogens is 425 g/mol. The SMILES string of the molecule is CC(=O)O.O=C1N=C(Nc2cc[c]([Na])cc2)SC1=Cc1ccc(N2CCOCC2)cc1. The van der Waals surface area contributed by atoms with E-state index in [1.807, 2.05) is 30.3 Å². The Hall–Kier alpha value is -2.10.